The summed E-state index contributed by atoms with van der Waals surface area (Å²) in [6, 6.07) is 0.572. The highest BCUT2D eigenvalue weighted by atomic mass is 16.3. The molecule has 0 aliphatic carbocycles. The summed E-state index contributed by atoms with van der Waals surface area (Å²) in [5.41, 5.74) is -0.168. The number of nitrogens with one attached hydrogen (secondary N) is 1. The van der Waals surface area contributed by atoms with Gasteiger partial charge in [0, 0.05) is 32.2 Å². The minimum Gasteiger partial charge on any atom is -0.394 e. The van der Waals surface area contributed by atoms with Gasteiger partial charge in [-0.3, -0.25) is 4.90 Å². The molecule has 4 nitrogen and oxygen atoms in total. The highest BCUT2D eigenvalue weighted by Crippen LogP contribution is 2.13. The zero-order chi connectivity index (χ0) is 12.2. The van der Waals surface area contributed by atoms with Crippen molar-refractivity contribution in [1.29, 1.82) is 0 Å². The molecule has 1 aliphatic heterocycles. The summed E-state index contributed by atoms with van der Waals surface area (Å²) in [6.07, 6.45) is 0. The van der Waals surface area contributed by atoms with Gasteiger partial charge in [0.2, 0.25) is 0 Å². The summed E-state index contributed by atoms with van der Waals surface area (Å²) in [5, 5.41) is 12.9. The number of rotatable bonds is 5. The third-order valence-corrected chi connectivity index (χ3v) is 3.47. The van der Waals surface area contributed by atoms with E-state index in [1.54, 1.807) is 0 Å². The SMILES string of the molecule is CCNC(C)(CO)CN1CCN(C)CC1C. The van der Waals surface area contributed by atoms with Crippen molar-refractivity contribution in [3.8, 4) is 0 Å². The Bertz CT molecular complexity index is 212. The van der Waals surface area contributed by atoms with E-state index in [0.717, 1.165) is 32.7 Å². The van der Waals surface area contributed by atoms with E-state index in [1.807, 2.05) is 0 Å². The molecule has 0 aromatic carbocycles. The Hall–Kier alpha value is -0.160. The number of hydrogen-bond acceptors (Lipinski definition) is 4. The molecule has 1 rings (SSSR count). The van der Waals surface area contributed by atoms with Gasteiger partial charge in [-0.1, -0.05) is 6.92 Å². The number of aliphatic hydroxyl groups excluding tert-OH is 1. The molecule has 0 aromatic heterocycles. The van der Waals surface area contributed by atoms with Crippen LogP contribution in [-0.4, -0.2) is 72.9 Å². The van der Waals surface area contributed by atoms with Crippen LogP contribution in [0.3, 0.4) is 0 Å². The minimum absolute atomic E-state index is 0.168. The second-order valence-electron chi connectivity index (χ2n) is 5.33. The summed E-state index contributed by atoms with van der Waals surface area (Å²) in [6.45, 7) is 11.8. The molecule has 4 heteroatoms. The number of likely N-dealkylation sites (N-methyl/N-ethyl adjacent to an activating group) is 2. The van der Waals surface area contributed by atoms with Crippen molar-refractivity contribution < 1.29 is 5.11 Å². The maximum atomic E-state index is 9.49. The molecule has 2 N–H and O–H groups in total. The van der Waals surface area contributed by atoms with Gasteiger partial charge in [0.15, 0.2) is 0 Å². The van der Waals surface area contributed by atoms with Gasteiger partial charge in [0.05, 0.1) is 12.1 Å². The summed E-state index contributed by atoms with van der Waals surface area (Å²) in [7, 11) is 2.17. The second-order valence-corrected chi connectivity index (χ2v) is 5.33. The summed E-state index contributed by atoms with van der Waals surface area (Å²) < 4.78 is 0. The molecule has 0 bridgehead atoms. The van der Waals surface area contributed by atoms with Gasteiger partial charge in [0.1, 0.15) is 0 Å². The summed E-state index contributed by atoms with van der Waals surface area (Å²) in [4.78, 5) is 4.84. The van der Waals surface area contributed by atoms with Gasteiger partial charge in [0.25, 0.3) is 0 Å². The molecule has 0 spiro atoms. The first-order valence-corrected chi connectivity index (χ1v) is 6.29. The van der Waals surface area contributed by atoms with Gasteiger partial charge in [-0.2, -0.15) is 0 Å². The molecule has 2 unspecified atom stereocenters. The first-order chi connectivity index (χ1) is 7.50. The van der Waals surface area contributed by atoms with Crippen molar-refractivity contribution in [1.82, 2.24) is 15.1 Å². The van der Waals surface area contributed by atoms with Gasteiger partial charge >= 0.3 is 0 Å². The Labute approximate surface area is 99.6 Å². The van der Waals surface area contributed by atoms with E-state index >= 15 is 0 Å². The summed E-state index contributed by atoms with van der Waals surface area (Å²) in [5.74, 6) is 0. The maximum Gasteiger partial charge on any atom is 0.0623 e. The van der Waals surface area contributed by atoms with Crippen LogP contribution in [0.15, 0.2) is 0 Å². The van der Waals surface area contributed by atoms with Crippen LogP contribution >= 0.6 is 0 Å². The third-order valence-electron chi connectivity index (χ3n) is 3.47. The molecular formula is C12H27N3O. The van der Waals surface area contributed by atoms with Gasteiger partial charge in [-0.25, -0.2) is 0 Å². The zero-order valence-electron chi connectivity index (χ0n) is 11.2. The molecule has 96 valence electrons. The van der Waals surface area contributed by atoms with Crippen LogP contribution in [0.5, 0.6) is 0 Å². The molecule has 2 atom stereocenters. The first-order valence-electron chi connectivity index (χ1n) is 6.29. The lowest BCUT2D eigenvalue weighted by Gasteiger charge is -2.43. The molecule has 0 amide bonds. The number of nitrogens with zero attached hydrogens (tertiary/aromatic N) is 2. The lowest BCUT2D eigenvalue weighted by molar-refractivity contribution is 0.0537. The average Bonchev–Trinajstić information content (AvgIpc) is 2.23. The first kappa shape index (κ1) is 13.9. The normalized spacial score (nSPS) is 27.9. The maximum absolute atomic E-state index is 9.49. The van der Waals surface area contributed by atoms with Crippen LogP contribution < -0.4 is 5.32 Å². The van der Waals surface area contributed by atoms with E-state index in [9.17, 15) is 5.11 Å². The van der Waals surface area contributed by atoms with Crippen molar-refractivity contribution in [3.05, 3.63) is 0 Å². The van der Waals surface area contributed by atoms with E-state index in [1.165, 1.54) is 0 Å². The van der Waals surface area contributed by atoms with Crippen molar-refractivity contribution in [3.63, 3.8) is 0 Å². The fraction of sp³-hybridized carbons (Fsp3) is 1.00. The number of piperazine rings is 1. The highest BCUT2D eigenvalue weighted by Gasteiger charge is 2.29. The van der Waals surface area contributed by atoms with Crippen molar-refractivity contribution in [2.75, 3.05) is 46.4 Å². The Balaban J connectivity index is 2.51. The van der Waals surface area contributed by atoms with E-state index in [2.05, 4.69) is 42.9 Å². The van der Waals surface area contributed by atoms with E-state index in [0.29, 0.717) is 6.04 Å². The van der Waals surface area contributed by atoms with E-state index < -0.39 is 0 Å². The van der Waals surface area contributed by atoms with Gasteiger partial charge in [-0.05, 0) is 27.4 Å². The second kappa shape index (κ2) is 5.96. The lowest BCUT2D eigenvalue weighted by atomic mass is 10.0. The predicted octanol–water partition coefficient (Wildman–Crippen LogP) is -0.0172. The van der Waals surface area contributed by atoms with Gasteiger partial charge < -0.3 is 15.3 Å². The van der Waals surface area contributed by atoms with E-state index in [-0.39, 0.29) is 12.1 Å². The molecule has 1 heterocycles. The van der Waals surface area contributed by atoms with E-state index in [4.69, 9.17) is 0 Å². The van der Waals surface area contributed by atoms with Crippen LogP contribution in [-0.2, 0) is 0 Å². The highest BCUT2D eigenvalue weighted by molar-refractivity contribution is 4.89. The van der Waals surface area contributed by atoms with Crippen LogP contribution in [0.4, 0.5) is 0 Å². The van der Waals surface area contributed by atoms with Crippen LogP contribution in [0.2, 0.25) is 0 Å². The van der Waals surface area contributed by atoms with Crippen molar-refractivity contribution >= 4 is 0 Å². The fourth-order valence-corrected chi connectivity index (χ4v) is 2.45. The Morgan fingerprint density at radius 2 is 2.12 bits per heavy atom. The zero-order valence-corrected chi connectivity index (χ0v) is 11.2. The minimum atomic E-state index is -0.168. The standard InChI is InChI=1S/C12H27N3O/c1-5-13-12(3,10-16)9-15-7-6-14(4)8-11(15)2/h11,13,16H,5-10H2,1-4H3. The third kappa shape index (κ3) is 3.70. The topological polar surface area (TPSA) is 38.7 Å². The van der Waals surface area contributed by atoms with Crippen molar-refractivity contribution in [2.24, 2.45) is 0 Å². The van der Waals surface area contributed by atoms with Crippen LogP contribution in [0, 0.1) is 0 Å². The molecule has 1 aliphatic rings. The molecule has 16 heavy (non-hydrogen) atoms. The Morgan fingerprint density at radius 1 is 1.44 bits per heavy atom. The Morgan fingerprint density at radius 3 is 2.62 bits per heavy atom. The monoisotopic (exact) mass is 229 g/mol. The smallest absolute Gasteiger partial charge is 0.0623 e. The molecule has 0 radical (unpaired) electrons. The number of aliphatic hydroxyl groups is 1. The van der Waals surface area contributed by atoms with Crippen LogP contribution in [0.25, 0.3) is 0 Å². The quantitative estimate of drug-likeness (QED) is 0.695. The average molecular weight is 229 g/mol. The Kier molecular flexibility index (Phi) is 5.18. The van der Waals surface area contributed by atoms with Crippen molar-refractivity contribution in [2.45, 2.75) is 32.4 Å². The molecule has 0 aromatic rings. The predicted molar refractivity (Wildman–Crippen MR) is 67.7 cm³/mol. The van der Waals surface area contributed by atoms with Gasteiger partial charge in [-0.15, -0.1) is 0 Å². The van der Waals surface area contributed by atoms with Crippen LogP contribution in [0.1, 0.15) is 20.8 Å². The molecule has 1 fully saturated rings. The molecule has 0 saturated carbocycles. The molecular weight excluding hydrogens is 202 g/mol. The summed E-state index contributed by atoms with van der Waals surface area (Å²) >= 11 is 0. The largest absolute Gasteiger partial charge is 0.394 e. The molecule has 1 saturated heterocycles. The fourth-order valence-electron chi connectivity index (χ4n) is 2.45. The number of hydrogen-bond donors (Lipinski definition) is 2. The lowest BCUT2D eigenvalue weighted by Crippen LogP contribution is -2.59.